The zero-order valence-corrected chi connectivity index (χ0v) is 11.1. The van der Waals surface area contributed by atoms with Crippen molar-refractivity contribution in [1.29, 1.82) is 0 Å². The normalized spacial score (nSPS) is 9.60. The summed E-state index contributed by atoms with van der Waals surface area (Å²) in [5.41, 5.74) is 2.15. The first-order valence-electron chi connectivity index (χ1n) is 5.27. The van der Waals surface area contributed by atoms with Crippen LogP contribution in [0.3, 0.4) is 0 Å². The SMILES string of the molecule is CC.COc1nc(C)c(C(C)C)cc1Cl. The summed E-state index contributed by atoms with van der Waals surface area (Å²) in [6, 6.07) is 1.92. The van der Waals surface area contributed by atoms with Crippen LogP contribution in [0.1, 0.15) is 44.9 Å². The van der Waals surface area contributed by atoms with Crippen molar-refractivity contribution in [2.24, 2.45) is 0 Å². The van der Waals surface area contributed by atoms with Crippen molar-refractivity contribution in [2.45, 2.75) is 40.5 Å². The minimum absolute atomic E-state index is 0.441. The highest BCUT2D eigenvalue weighted by molar-refractivity contribution is 6.31. The molecule has 1 rings (SSSR count). The minimum Gasteiger partial charge on any atom is -0.480 e. The fourth-order valence-corrected chi connectivity index (χ4v) is 1.54. The Morgan fingerprint density at radius 3 is 2.27 bits per heavy atom. The van der Waals surface area contributed by atoms with Gasteiger partial charge in [0, 0.05) is 5.69 Å². The van der Waals surface area contributed by atoms with E-state index in [4.69, 9.17) is 16.3 Å². The molecule has 0 unspecified atom stereocenters. The Balaban J connectivity index is 0.000000921. The second-order valence-electron chi connectivity index (χ2n) is 3.31. The number of rotatable bonds is 2. The number of ether oxygens (including phenoxy) is 1. The van der Waals surface area contributed by atoms with Crippen molar-refractivity contribution in [3.8, 4) is 5.88 Å². The van der Waals surface area contributed by atoms with E-state index in [-0.39, 0.29) is 0 Å². The molecule has 0 fully saturated rings. The fourth-order valence-electron chi connectivity index (χ4n) is 1.30. The number of halogens is 1. The monoisotopic (exact) mass is 229 g/mol. The summed E-state index contributed by atoms with van der Waals surface area (Å²) in [5, 5.41) is 0.580. The van der Waals surface area contributed by atoms with E-state index >= 15 is 0 Å². The molecule has 0 atom stereocenters. The molecular weight excluding hydrogens is 210 g/mol. The van der Waals surface area contributed by atoms with E-state index in [0.29, 0.717) is 16.8 Å². The Labute approximate surface area is 97.6 Å². The van der Waals surface area contributed by atoms with Gasteiger partial charge in [-0.2, -0.15) is 0 Å². The molecular formula is C12H20ClNO. The molecule has 1 aromatic heterocycles. The van der Waals surface area contributed by atoms with E-state index in [9.17, 15) is 0 Å². The quantitative estimate of drug-likeness (QED) is 0.758. The summed E-state index contributed by atoms with van der Waals surface area (Å²) in [6.07, 6.45) is 0. The van der Waals surface area contributed by atoms with Crippen molar-refractivity contribution in [3.63, 3.8) is 0 Å². The number of methoxy groups -OCH3 is 1. The second-order valence-corrected chi connectivity index (χ2v) is 3.72. The van der Waals surface area contributed by atoms with Crippen LogP contribution in [0.5, 0.6) is 5.88 Å². The average molecular weight is 230 g/mol. The molecule has 0 N–H and O–H groups in total. The van der Waals surface area contributed by atoms with Gasteiger partial charge in [0.15, 0.2) is 0 Å². The lowest BCUT2D eigenvalue weighted by atomic mass is 10.0. The number of hydrogen-bond donors (Lipinski definition) is 0. The largest absolute Gasteiger partial charge is 0.480 e. The first kappa shape index (κ1) is 14.2. The molecule has 0 radical (unpaired) electrons. The summed E-state index contributed by atoms with van der Waals surface area (Å²) >= 11 is 5.96. The molecule has 0 saturated carbocycles. The Kier molecular flexibility index (Phi) is 6.34. The van der Waals surface area contributed by atoms with E-state index in [1.54, 1.807) is 7.11 Å². The third-order valence-electron chi connectivity index (χ3n) is 1.99. The van der Waals surface area contributed by atoms with Gasteiger partial charge in [-0.3, -0.25) is 0 Å². The van der Waals surface area contributed by atoms with Gasteiger partial charge in [0.2, 0.25) is 5.88 Å². The molecule has 1 aromatic rings. The number of aryl methyl sites for hydroxylation is 1. The van der Waals surface area contributed by atoms with E-state index in [1.165, 1.54) is 5.56 Å². The van der Waals surface area contributed by atoms with Gasteiger partial charge >= 0.3 is 0 Å². The smallest absolute Gasteiger partial charge is 0.232 e. The topological polar surface area (TPSA) is 22.1 Å². The van der Waals surface area contributed by atoms with E-state index in [1.807, 2.05) is 26.8 Å². The van der Waals surface area contributed by atoms with Gasteiger partial charge in [0.05, 0.1) is 7.11 Å². The molecule has 86 valence electrons. The van der Waals surface area contributed by atoms with Gasteiger partial charge < -0.3 is 4.74 Å². The molecule has 0 aliphatic rings. The van der Waals surface area contributed by atoms with Gasteiger partial charge in [-0.25, -0.2) is 4.98 Å². The molecule has 0 aliphatic carbocycles. The Hall–Kier alpha value is -0.760. The van der Waals surface area contributed by atoms with Crippen LogP contribution in [0, 0.1) is 6.92 Å². The van der Waals surface area contributed by atoms with Crippen LogP contribution in [0.25, 0.3) is 0 Å². The van der Waals surface area contributed by atoms with Crippen molar-refractivity contribution < 1.29 is 4.74 Å². The summed E-state index contributed by atoms with van der Waals surface area (Å²) in [6.45, 7) is 10.2. The van der Waals surface area contributed by atoms with E-state index in [2.05, 4.69) is 18.8 Å². The molecule has 0 amide bonds. The standard InChI is InChI=1S/C10H14ClNO.C2H6/c1-6(2)8-5-9(11)10(13-4)12-7(8)3;1-2/h5-6H,1-4H3;1-2H3. The van der Waals surface area contributed by atoms with Crippen LogP contribution in [0.4, 0.5) is 0 Å². The van der Waals surface area contributed by atoms with Gasteiger partial charge in [0.1, 0.15) is 5.02 Å². The van der Waals surface area contributed by atoms with Crippen LogP contribution < -0.4 is 4.74 Å². The molecule has 0 bridgehead atoms. The third-order valence-corrected chi connectivity index (χ3v) is 2.26. The molecule has 1 heterocycles. The number of hydrogen-bond acceptors (Lipinski definition) is 2. The maximum absolute atomic E-state index is 5.96. The zero-order valence-electron chi connectivity index (χ0n) is 10.4. The van der Waals surface area contributed by atoms with Gasteiger partial charge in [-0.05, 0) is 24.5 Å². The molecule has 3 heteroatoms. The van der Waals surface area contributed by atoms with Gasteiger partial charge in [-0.15, -0.1) is 0 Å². The van der Waals surface area contributed by atoms with Crippen LogP contribution in [0.15, 0.2) is 6.07 Å². The van der Waals surface area contributed by atoms with Crippen molar-refractivity contribution in [3.05, 3.63) is 22.3 Å². The van der Waals surface area contributed by atoms with Crippen LogP contribution in [-0.2, 0) is 0 Å². The molecule has 0 aliphatic heterocycles. The lowest BCUT2D eigenvalue weighted by molar-refractivity contribution is 0.396. The predicted molar refractivity (Wildman–Crippen MR) is 66.0 cm³/mol. The van der Waals surface area contributed by atoms with Gasteiger partial charge in [0.25, 0.3) is 0 Å². The lowest BCUT2D eigenvalue weighted by Gasteiger charge is -2.11. The van der Waals surface area contributed by atoms with Crippen molar-refractivity contribution in [2.75, 3.05) is 7.11 Å². The number of nitrogens with zero attached hydrogens (tertiary/aromatic N) is 1. The Morgan fingerprint density at radius 2 is 1.87 bits per heavy atom. The van der Waals surface area contributed by atoms with Crippen molar-refractivity contribution in [1.82, 2.24) is 4.98 Å². The second kappa shape index (κ2) is 6.67. The maximum Gasteiger partial charge on any atom is 0.232 e. The van der Waals surface area contributed by atoms with E-state index in [0.717, 1.165) is 5.69 Å². The highest BCUT2D eigenvalue weighted by atomic mass is 35.5. The zero-order chi connectivity index (χ0) is 12.0. The fraction of sp³-hybridized carbons (Fsp3) is 0.583. The lowest BCUT2D eigenvalue weighted by Crippen LogP contribution is -1.98. The molecule has 0 aromatic carbocycles. The summed E-state index contributed by atoms with van der Waals surface area (Å²) in [5.74, 6) is 0.944. The molecule has 0 spiro atoms. The Morgan fingerprint density at radius 1 is 1.33 bits per heavy atom. The maximum atomic E-state index is 5.96. The predicted octanol–water partition coefficient (Wildman–Crippen LogP) is 4.20. The van der Waals surface area contributed by atoms with Crippen molar-refractivity contribution >= 4 is 11.6 Å². The van der Waals surface area contributed by atoms with E-state index < -0.39 is 0 Å². The summed E-state index contributed by atoms with van der Waals surface area (Å²) in [4.78, 5) is 4.26. The average Bonchev–Trinajstić information content (AvgIpc) is 2.23. The molecule has 2 nitrogen and oxygen atoms in total. The highest BCUT2D eigenvalue weighted by Gasteiger charge is 2.09. The first-order valence-corrected chi connectivity index (χ1v) is 5.65. The number of aromatic nitrogens is 1. The first-order chi connectivity index (χ1) is 7.06. The minimum atomic E-state index is 0.441. The number of pyridine rings is 1. The van der Waals surface area contributed by atoms with Gasteiger partial charge in [-0.1, -0.05) is 39.3 Å². The highest BCUT2D eigenvalue weighted by Crippen LogP contribution is 2.27. The Bertz CT molecular complexity index is 311. The summed E-state index contributed by atoms with van der Waals surface area (Å²) in [7, 11) is 1.57. The summed E-state index contributed by atoms with van der Waals surface area (Å²) < 4.78 is 5.02. The van der Waals surface area contributed by atoms with Crippen LogP contribution in [-0.4, -0.2) is 12.1 Å². The molecule has 15 heavy (non-hydrogen) atoms. The third kappa shape index (κ3) is 3.71. The van der Waals surface area contributed by atoms with Crippen LogP contribution in [0.2, 0.25) is 5.02 Å². The molecule has 0 saturated heterocycles. The van der Waals surface area contributed by atoms with Crippen LogP contribution >= 0.6 is 11.6 Å².